The first-order chi connectivity index (χ1) is 7.38. The molecule has 2 rings (SSSR count). The molecule has 1 atom stereocenters. The highest BCUT2D eigenvalue weighted by Crippen LogP contribution is 2.26. The maximum atomic E-state index is 4.18. The molecule has 2 heterocycles. The first-order valence-electron chi connectivity index (χ1n) is 5.38. The summed E-state index contributed by atoms with van der Waals surface area (Å²) in [5.74, 6) is 2.24. The molecule has 0 amide bonds. The molecule has 0 bridgehead atoms. The second-order valence-corrected chi connectivity index (χ2v) is 5.10. The van der Waals surface area contributed by atoms with Crippen LogP contribution in [-0.2, 0) is 0 Å². The molecule has 1 fully saturated rings. The Balaban J connectivity index is 1.86. The number of pyridine rings is 1. The third-order valence-electron chi connectivity index (χ3n) is 2.57. The van der Waals surface area contributed by atoms with Crippen molar-refractivity contribution in [3.05, 3.63) is 18.3 Å². The van der Waals surface area contributed by atoms with E-state index < -0.39 is 0 Å². The van der Waals surface area contributed by atoms with Crippen molar-refractivity contribution in [3.63, 3.8) is 0 Å². The molecule has 3 nitrogen and oxygen atoms in total. The summed E-state index contributed by atoms with van der Waals surface area (Å²) >= 11 is 2.08. The normalized spacial score (nSPS) is 20.2. The Labute approximate surface area is 95.1 Å². The molecule has 0 spiro atoms. The molecule has 4 heteroatoms. The maximum absolute atomic E-state index is 4.18. The van der Waals surface area contributed by atoms with Crippen LogP contribution in [0.2, 0.25) is 0 Å². The van der Waals surface area contributed by atoms with Gasteiger partial charge >= 0.3 is 0 Å². The fourth-order valence-electron chi connectivity index (χ4n) is 1.71. The number of hydrogen-bond donors (Lipinski definition) is 2. The van der Waals surface area contributed by atoms with Gasteiger partial charge in [0.2, 0.25) is 0 Å². The van der Waals surface area contributed by atoms with Gasteiger partial charge in [0.05, 0.1) is 0 Å². The van der Waals surface area contributed by atoms with Gasteiger partial charge in [0, 0.05) is 36.8 Å². The van der Waals surface area contributed by atoms with Crippen molar-refractivity contribution in [2.24, 2.45) is 0 Å². The number of nitrogens with one attached hydrogen (secondary N) is 2. The summed E-state index contributed by atoms with van der Waals surface area (Å²) in [6.07, 6.45) is 4.55. The largest absolute Gasteiger partial charge is 0.384 e. The zero-order chi connectivity index (χ0) is 10.5. The SMILES string of the molecule is CNc1cc(NCC2CCCS2)ccn1. The molecule has 1 saturated heterocycles. The van der Waals surface area contributed by atoms with Crippen molar-refractivity contribution in [2.75, 3.05) is 30.0 Å². The highest BCUT2D eigenvalue weighted by Gasteiger charge is 2.14. The van der Waals surface area contributed by atoms with Crippen LogP contribution in [0.25, 0.3) is 0 Å². The number of hydrogen-bond acceptors (Lipinski definition) is 4. The van der Waals surface area contributed by atoms with Crippen LogP contribution in [0.4, 0.5) is 11.5 Å². The Kier molecular flexibility index (Phi) is 3.72. The summed E-state index contributed by atoms with van der Waals surface area (Å²) in [6.45, 7) is 1.07. The van der Waals surface area contributed by atoms with E-state index >= 15 is 0 Å². The molecule has 0 aliphatic carbocycles. The molecular formula is C11H17N3S. The van der Waals surface area contributed by atoms with Gasteiger partial charge in [-0.2, -0.15) is 11.8 Å². The van der Waals surface area contributed by atoms with E-state index in [9.17, 15) is 0 Å². The van der Waals surface area contributed by atoms with Gasteiger partial charge in [-0.15, -0.1) is 0 Å². The van der Waals surface area contributed by atoms with Crippen LogP contribution < -0.4 is 10.6 Å². The number of rotatable bonds is 4. The maximum Gasteiger partial charge on any atom is 0.127 e. The van der Waals surface area contributed by atoms with E-state index in [1.807, 2.05) is 25.4 Å². The average molecular weight is 223 g/mol. The van der Waals surface area contributed by atoms with E-state index in [1.165, 1.54) is 18.6 Å². The van der Waals surface area contributed by atoms with Gasteiger partial charge in [-0.3, -0.25) is 0 Å². The first kappa shape index (κ1) is 10.6. The summed E-state index contributed by atoms with van der Waals surface area (Å²) in [5.41, 5.74) is 1.15. The zero-order valence-corrected chi connectivity index (χ0v) is 9.81. The Morgan fingerprint density at radius 1 is 1.60 bits per heavy atom. The van der Waals surface area contributed by atoms with Crippen molar-refractivity contribution in [2.45, 2.75) is 18.1 Å². The fraction of sp³-hybridized carbons (Fsp3) is 0.545. The topological polar surface area (TPSA) is 37.0 Å². The Morgan fingerprint density at radius 2 is 2.53 bits per heavy atom. The van der Waals surface area contributed by atoms with Crippen molar-refractivity contribution >= 4 is 23.3 Å². The van der Waals surface area contributed by atoms with Crippen LogP contribution in [0.15, 0.2) is 18.3 Å². The minimum atomic E-state index is 0.788. The quantitative estimate of drug-likeness (QED) is 0.822. The second kappa shape index (κ2) is 5.26. The Hall–Kier alpha value is -0.900. The van der Waals surface area contributed by atoms with Gasteiger partial charge < -0.3 is 10.6 Å². The monoisotopic (exact) mass is 223 g/mol. The van der Waals surface area contributed by atoms with Gasteiger partial charge in [-0.25, -0.2) is 4.98 Å². The summed E-state index contributed by atoms with van der Waals surface area (Å²) in [7, 11) is 1.89. The summed E-state index contributed by atoms with van der Waals surface area (Å²) in [4.78, 5) is 4.18. The lowest BCUT2D eigenvalue weighted by Crippen LogP contribution is -2.13. The van der Waals surface area contributed by atoms with Crippen molar-refractivity contribution < 1.29 is 0 Å². The van der Waals surface area contributed by atoms with Gasteiger partial charge in [0.25, 0.3) is 0 Å². The molecule has 0 saturated carbocycles. The van der Waals surface area contributed by atoms with Crippen molar-refractivity contribution in [1.29, 1.82) is 0 Å². The third kappa shape index (κ3) is 3.02. The van der Waals surface area contributed by atoms with E-state index in [0.717, 1.165) is 23.3 Å². The molecular weight excluding hydrogens is 206 g/mol. The number of anilines is 2. The van der Waals surface area contributed by atoms with Crippen molar-refractivity contribution in [3.8, 4) is 0 Å². The van der Waals surface area contributed by atoms with Crippen LogP contribution in [0.5, 0.6) is 0 Å². The molecule has 0 aromatic carbocycles. The van der Waals surface area contributed by atoms with Crippen LogP contribution >= 0.6 is 11.8 Å². The molecule has 2 N–H and O–H groups in total. The molecule has 0 radical (unpaired) electrons. The molecule has 82 valence electrons. The Morgan fingerprint density at radius 3 is 3.27 bits per heavy atom. The van der Waals surface area contributed by atoms with Crippen molar-refractivity contribution in [1.82, 2.24) is 4.98 Å². The predicted molar refractivity (Wildman–Crippen MR) is 67.8 cm³/mol. The highest BCUT2D eigenvalue weighted by molar-refractivity contribution is 8.00. The van der Waals surface area contributed by atoms with Gasteiger partial charge in [0.1, 0.15) is 5.82 Å². The zero-order valence-electron chi connectivity index (χ0n) is 8.99. The fourth-order valence-corrected chi connectivity index (χ4v) is 2.92. The van der Waals surface area contributed by atoms with Gasteiger partial charge in [-0.05, 0) is 24.7 Å². The van der Waals surface area contributed by atoms with Crippen LogP contribution in [0.1, 0.15) is 12.8 Å². The smallest absolute Gasteiger partial charge is 0.127 e. The number of nitrogens with zero attached hydrogens (tertiary/aromatic N) is 1. The molecule has 1 unspecified atom stereocenters. The van der Waals surface area contributed by atoms with Gasteiger partial charge in [-0.1, -0.05) is 0 Å². The summed E-state index contributed by atoms with van der Waals surface area (Å²) in [5, 5.41) is 7.29. The molecule has 1 aliphatic rings. The summed E-state index contributed by atoms with van der Waals surface area (Å²) in [6, 6.07) is 4.06. The third-order valence-corrected chi connectivity index (χ3v) is 3.97. The standard InChI is InChI=1S/C11H17N3S/c1-12-11-7-9(4-5-13-11)14-8-10-3-2-6-15-10/h4-5,7,10H,2-3,6,8H2,1H3,(H2,12,13,14). The van der Waals surface area contributed by atoms with Gasteiger partial charge in [0.15, 0.2) is 0 Å². The van der Waals surface area contributed by atoms with Crippen LogP contribution in [0, 0.1) is 0 Å². The minimum Gasteiger partial charge on any atom is -0.384 e. The van der Waals surface area contributed by atoms with Crippen LogP contribution in [0.3, 0.4) is 0 Å². The molecule has 1 aromatic rings. The molecule has 15 heavy (non-hydrogen) atoms. The predicted octanol–water partition coefficient (Wildman–Crippen LogP) is 2.43. The first-order valence-corrected chi connectivity index (χ1v) is 6.42. The molecule has 1 aliphatic heterocycles. The average Bonchev–Trinajstić information content (AvgIpc) is 2.79. The van der Waals surface area contributed by atoms with E-state index in [0.29, 0.717) is 0 Å². The minimum absolute atomic E-state index is 0.788. The van der Waals surface area contributed by atoms with E-state index in [2.05, 4.69) is 27.4 Å². The molecule has 1 aromatic heterocycles. The second-order valence-electron chi connectivity index (χ2n) is 3.70. The lowest BCUT2D eigenvalue weighted by Gasteiger charge is -2.11. The number of thioether (sulfide) groups is 1. The number of aromatic nitrogens is 1. The van der Waals surface area contributed by atoms with E-state index in [4.69, 9.17) is 0 Å². The van der Waals surface area contributed by atoms with Crippen LogP contribution in [-0.4, -0.2) is 29.6 Å². The summed E-state index contributed by atoms with van der Waals surface area (Å²) < 4.78 is 0. The van der Waals surface area contributed by atoms with E-state index in [1.54, 1.807) is 0 Å². The van der Waals surface area contributed by atoms with E-state index in [-0.39, 0.29) is 0 Å². The Bertz CT molecular complexity index is 310. The highest BCUT2D eigenvalue weighted by atomic mass is 32.2. The lowest BCUT2D eigenvalue weighted by atomic mass is 10.2. The lowest BCUT2D eigenvalue weighted by molar-refractivity contribution is 0.805.